The fourth-order valence-electron chi connectivity index (χ4n) is 5.63. The Labute approximate surface area is 187 Å². The molecule has 2 aliphatic heterocycles. The average molecular weight is 466 g/mol. The third kappa shape index (κ3) is 2.69. The highest BCUT2D eigenvalue weighted by Gasteiger charge is 2.81. The summed E-state index contributed by atoms with van der Waals surface area (Å²) in [5.74, 6) is -7.39. The fourth-order valence-corrected chi connectivity index (χ4v) is 5.63. The molecule has 2 heterocycles. The van der Waals surface area contributed by atoms with Gasteiger partial charge < -0.3 is 28.4 Å². The molecular weight excluding hydrogens is 444 g/mol. The summed E-state index contributed by atoms with van der Waals surface area (Å²) in [4.78, 5) is 74.1. The molecule has 0 aromatic rings. The van der Waals surface area contributed by atoms with Gasteiger partial charge in [0, 0.05) is 11.8 Å². The Morgan fingerprint density at radius 3 is 2.21 bits per heavy atom. The molecule has 1 saturated carbocycles. The molecule has 0 N–H and O–H groups in total. The molecule has 3 fully saturated rings. The minimum absolute atomic E-state index is 0.00480. The van der Waals surface area contributed by atoms with Crippen molar-refractivity contribution in [3.8, 4) is 0 Å². The number of allylic oxidation sites excluding steroid dienone is 1. The van der Waals surface area contributed by atoms with Gasteiger partial charge in [0.2, 0.25) is 6.10 Å². The number of cyclic esters (lactones) is 1. The zero-order valence-corrected chi connectivity index (χ0v) is 18.3. The molecule has 0 aromatic carbocycles. The maximum absolute atomic E-state index is 13.1. The van der Waals surface area contributed by atoms with Gasteiger partial charge in [0.15, 0.2) is 11.0 Å². The lowest BCUT2D eigenvalue weighted by atomic mass is 9.47. The van der Waals surface area contributed by atoms with E-state index in [0.717, 1.165) is 14.2 Å². The van der Waals surface area contributed by atoms with Crippen molar-refractivity contribution < 1.29 is 57.2 Å². The zero-order valence-electron chi connectivity index (χ0n) is 18.3. The number of ether oxygens (including phenoxy) is 6. The smallest absolute Gasteiger partial charge is 0.418 e. The maximum Gasteiger partial charge on any atom is 0.418 e. The normalized spacial score (nSPS) is 38.1. The summed E-state index contributed by atoms with van der Waals surface area (Å²) in [6.07, 6.45) is -0.599. The molecule has 0 aromatic heterocycles. The van der Waals surface area contributed by atoms with Crippen molar-refractivity contribution in [2.45, 2.75) is 44.5 Å². The topological polar surface area (TPSA) is 158 Å². The van der Waals surface area contributed by atoms with E-state index < -0.39 is 64.5 Å². The third-order valence-electron chi connectivity index (χ3n) is 7.44. The molecule has 0 radical (unpaired) electrons. The molecule has 12 heteroatoms. The Balaban J connectivity index is 1.83. The van der Waals surface area contributed by atoms with Crippen LogP contribution in [0.3, 0.4) is 0 Å². The van der Waals surface area contributed by atoms with E-state index in [1.54, 1.807) is 13.0 Å². The summed E-state index contributed by atoms with van der Waals surface area (Å²) in [5, 5.41) is 0. The third-order valence-corrected chi connectivity index (χ3v) is 7.44. The van der Waals surface area contributed by atoms with Gasteiger partial charge in [-0.05, 0) is 24.8 Å². The first kappa shape index (κ1) is 22.7. The van der Waals surface area contributed by atoms with Crippen molar-refractivity contribution >= 4 is 35.8 Å². The van der Waals surface area contributed by atoms with Gasteiger partial charge in [-0.15, -0.1) is 0 Å². The zero-order chi connectivity index (χ0) is 24.3. The first-order chi connectivity index (χ1) is 15.5. The van der Waals surface area contributed by atoms with Gasteiger partial charge in [-0.1, -0.05) is 13.0 Å². The minimum atomic E-state index is -1.81. The number of carbonyl (C=O) groups is 6. The number of methoxy groups -OCH3 is 2. The number of hydrogen-bond donors (Lipinski definition) is 0. The molecule has 2 spiro atoms. The van der Waals surface area contributed by atoms with Crippen molar-refractivity contribution in [3.05, 3.63) is 11.6 Å². The van der Waals surface area contributed by atoms with E-state index in [9.17, 15) is 28.8 Å². The van der Waals surface area contributed by atoms with Crippen LogP contribution in [-0.4, -0.2) is 74.5 Å². The number of fused-ring (bicyclic) bond motifs is 2. The summed E-state index contributed by atoms with van der Waals surface area (Å²) in [6, 6.07) is 0. The van der Waals surface area contributed by atoms with E-state index in [-0.39, 0.29) is 18.9 Å². The molecule has 0 amide bonds. The first-order valence-corrected chi connectivity index (χ1v) is 10.2. The van der Waals surface area contributed by atoms with Crippen molar-refractivity contribution in [1.82, 2.24) is 0 Å². The van der Waals surface area contributed by atoms with Crippen LogP contribution in [0.15, 0.2) is 11.6 Å². The van der Waals surface area contributed by atoms with Crippen LogP contribution in [0.4, 0.5) is 0 Å². The summed E-state index contributed by atoms with van der Waals surface area (Å²) in [6.45, 7) is 2.97. The van der Waals surface area contributed by atoms with E-state index in [0.29, 0.717) is 12.0 Å². The van der Waals surface area contributed by atoms with E-state index in [2.05, 4.69) is 9.47 Å². The first-order valence-electron chi connectivity index (χ1n) is 10.2. The van der Waals surface area contributed by atoms with E-state index in [4.69, 9.17) is 18.9 Å². The van der Waals surface area contributed by atoms with Crippen LogP contribution in [0.2, 0.25) is 0 Å². The molecule has 33 heavy (non-hydrogen) atoms. The van der Waals surface area contributed by atoms with Gasteiger partial charge in [-0.2, -0.15) is 0 Å². The van der Waals surface area contributed by atoms with Crippen LogP contribution in [0.1, 0.15) is 26.7 Å². The van der Waals surface area contributed by atoms with Gasteiger partial charge in [0.25, 0.3) is 0 Å². The Morgan fingerprint density at radius 1 is 1.03 bits per heavy atom. The van der Waals surface area contributed by atoms with Crippen LogP contribution in [0.25, 0.3) is 0 Å². The van der Waals surface area contributed by atoms with E-state index >= 15 is 0 Å². The maximum atomic E-state index is 13.1. The number of esters is 6. The van der Waals surface area contributed by atoms with Crippen LogP contribution in [0.5, 0.6) is 0 Å². The van der Waals surface area contributed by atoms with Crippen molar-refractivity contribution in [2.75, 3.05) is 20.8 Å². The van der Waals surface area contributed by atoms with Crippen LogP contribution in [0, 0.1) is 16.7 Å². The van der Waals surface area contributed by atoms with Crippen LogP contribution < -0.4 is 0 Å². The monoisotopic (exact) mass is 466 g/mol. The number of hydrogen-bond acceptors (Lipinski definition) is 12. The summed E-state index contributed by atoms with van der Waals surface area (Å²) in [5.41, 5.74) is -4.24. The van der Waals surface area contributed by atoms with Gasteiger partial charge in [0.05, 0.1) is 14.2 Å². The Hall–Kier alpha value is -3.44. The van der Waals surface area contributed by atoms with Gasteiger partial charge in [0.1, 0.15) is 12.7 Å². The molecule has 6 atom stereocenters. The second-order valence-electron chi connectivity index (χ2n) is 8.67. The largest absolute Gasteiger partial charge is 0.463 e. The lowest BCUT2D eigenvalue weighted by Gasteiger charge is -2.64. The second kappa shape index (κ2) is 7.29. The predicted molar refractivity (Wildman–Crippen MR) is 101 cm³/mol. The Bertz CT molecular complexity index is 1010. The van der Waals surface area contributed by atoms with Crippen molar-refractivity contribution in [3.63, 3.8) is 0 Å². The second-order valence-corrected chi connectivity index (χ2v) is 8.67. The molecule has 2 bridgehead atoms. The number of carbonyl (C=O) groups excluding carboxylic acids is 6. The summed E-state index contributed by atoms with van der Waals surface area (Å²) < 4.78 is 30.1. The summed E-state index contributed by atoms with van der Waals surface area (Å²) >= 11 is 0. The predicted octanol–water partition coefficient (Wildman–Crippen LogP) is -0.629. The quantitative estimate of drug-likeness (QED) is 0.220. The highest BCUT2D eigenvalue weighted by atomic mass is 16.7. The molecule has 12 nitrogen and oxygen atoms in total. The van der Waals surface area contributed by atoms with Gasteiger partial charge in [-0.25, -0.2) is 24.0 Å². The van der Waals surface area contributed by atoms with Crippen molar-refractivity contribution in [2.24, 2.45) is 16.7 Å². The van der Waals surface area contributed by atoms with Crippen molar-refractivity contribution in [1.29, 1.82) is 0 Å². The lowest BCUT2D eigenvalue weighted by molar-refractivity contribution is -0.278. The van der Waals surface area contributed by atoms with Crippen LogP contribution >= 0.6 is 0 Å². The Morgan fingerprint density at radius 2 is 1.67 bits per heavy atom. The molecule has 178 valence electrons. The minimum Gasteiger partial charge on any atom is -0.463 e. The molecule has 0 unspecified atom stereocenters. The summed E-state index contributed by atoms with van der Waals surface area (Å²) in [7, 11) is 1.98. The lowest BCUT2D eigenvalue weighted by Crippen LogP contribution is -2.78. The Kier molecular flexibility index (Phi) is 5.02. The standard InChI is InChI=1S/C21H22O12/c1-9-5-6-10-20(9)7-11(31-13(22)12(20)32-16(25)14(23)28-3)19(2,21(10)8-30-18(21)27)33-17(26)15(24)29-4/h6,9,11-12H,5,7-8H2,1-4H3/t9-,11-,12+,19+,20-,21+/m1/s1. The highest BCUT2D eigenvalue weighted by Crippen LogP contribution is 2.69. The molecule has 2 saturated heterocycles. The molecule has 4 aliphatic rings. The van der Waals surface area contributed by atoms with Crippen LogP contribution in [-0.2, 0) is 57.2 Å². The van der Waals surface area contributed by atoms with E-state index in [1.807, 2.05) is 0 Å². The molecule has 4 rings (SSSR count). The fraction of sp³-hybridized carbons (Fsp3) is 0.619. The number of rotatable bonds is 2. The SMILES string of the molecule is COC(=O)C(=O)O[C@H]1C(=O)O[C@@H]2C[C@@]13C(=CC[C@H]3C)[C@]1(COC1=O)[C@@]2(C)OC(=O)C(=O)OC. The molecule has 2 aliphatic carbocycles. The molecular formula is C21H22O12. The van der Waals surface area contributed by atoms with Gasteiger partial charge >= 0.3 is 35.8 Å². The highest BCUT2D eigenvalue weighted by molar-refractivity contribution is 6.30. The van der Waals surface area contributed by atoms with Gasteiger partial charge in [-0.3, -0.25) is 4.79 Å². The average Bonchev–Trinajstić information content (AvgIpc) is 3.10. The van der Waals surface area contributed by atoms with E-state index in [1.165, 1.54) is 6.92 Å².